The minimum absolute atomic E-state index is 0.0658. The fourth-order valence-electron chi connectivity index (χ4n) is 3.04. The molecule has 2 aromatic heterocycles. The molecule has 1 amide bonds. The normalized spacial score (nSPS) is 14.0. The van der Waals surface area contributed by atoms with E-state index in [1.807, 2.05) is 0 Å². The smallest absolute Gasteiger partial charge is 0.361 e. The van der Waals surface area contributed by atoms with Gasteiger partial charge in [-0.3, -0.25) is 14.2 Å². The van der Waals surface area contributed by atoms with Crippen LogP contribution in [0.25, 0.3) is 11.1 Å². The maximum Gasteiger partial charge on any atom is 0.361 e. The summed E-state index contributed by atoms with van der Waals surface area (Å²) in [5, 5.41) is 6.28. The van der Waals surface area contributed by atoms with Gasteiger partial charge in [0.25, 0.3) is 11.3 Å². The minimum Gasteiger partial charge on any atom is -0.461 e. The summed E-state index contributed by atoms with van der Waals surface area (Å²) >= 11 is 0. The Kier molecular flexibility index (Phi) is 6.00. The first-order chi connectivity index (χ1) is 13.1. The minimum atomic E-state index is -0.766. The highest BCUT2D eigenvalue weighted by molar-refractivity contribution is 5.99. The number of carbonyl (C=O) groups excluding carboxylic acids is 2. The van der Waals surface area contributed by atoms with Crippen LogP contribution in [0.15, 0.2) is 27.3 Å². The zero-order valence-electron chi connectivity index (χ0n) is 15.2. The van der Waals surface area contributed by atoms with Crippen LogP contribution < -0.4 is 10.9 Å². The number of ether oxygens (including phenoxy) is 1. The monoisotopic (exact) mass is 374 g/mol. The molecule has 9 heteroatoms. The van der Waals surface area contributed by atoms with Gasteiger partial charge in [0.2, 0.25) is 11.6 Å². The fourth-order valence-corrected chi connectivity index (χ4v) is 3.04. The van der Waals surface area contributed by atoms with Crippen molar-refractivity contribution in [2.45, 2.75) is 45.6 Å². The number of aromatic nitrogens is 3. The number of nitrogens with zero attached hydrogens (tertiary/aromatic N) is 3. The predicted molar refractivity (Wildman–Crippen MR) is 96.2 cm³/mol. The highest BCUT2D eigenvalue weighted by Gasteiger charge is 2.22. The molecule has 144 valence electrons. The lowest BCUT2D eigenvalue weighted by molar-refractivity contribution is -0.121. The highest BCUT2D eigenvalue weighted by Crippen LogP contribution is 2.19. The van der Waals surface area contributed by atoms with Crippen LogP contribution in [0.2, 0.25) is 0 Å². The van der Waals surface area contributed by atoms with Gasteiger partial charge in [-0.15, -0.1) is 0 Å². The van der Waals surface area contributed by atoms with Crippen molar-refractivity contribution < 1.29 is 18.8 Å². The molecule has 3 rings (SSSR count). The number of nitrogens with one attached hydrogen (secondary N) is 1. The summed E-state index contributed by atoms with van der Waals surface area (Å²) in [6.45, 7) is 2.11. The van der Waals surface area contributed by atoms with Crippen LogP contribution in [0.5, 0.6) is 0 Å². The largest absolute Gasteiger partial charge is 0.461 e. The third kappa shape index (κ3) is 4.42. The highest BCUT2D eigenvalue weighted by atomic mass is 16.5. The number of rotatable bonds is 7. The summed E-state index contributed by atoms with van der Waals surface area (Å²) in [6.07, 6.45) is 8.87. The Morgan fingerprint density at radius 3 is 2.96 bits per heavy atom. The Balaban J connectivity index is 1.67. The first-order valence-electron chi connectivity index (χ1n) is 9.06. The molecule has 9 nitrogen and oxygen atoms in total. The molecule has 0 atom stereocenters. The maximum absolute atomic E-state index is 12.6. The molecule has 0 aromatic carbocycles. The van der Waals surface area contributed by atoms with E-state index in [1.54, 1.807) is 6.92 Å². The van der Waals surface area contributed by atoms with Gasteiger partial charge in [0.1, 0.15) is 18.3 Å². The van der Waals surface area contributed by atoms with E-state index < -0.39 is 11.5 Å². The van der Waals surface area contributed by atoms with Crippen molar-refractivity contribution in [3.63, 3.8) is 0 Å². The van der Waals surface area contributed by atoms with Crippen LogP contribution in [0.1, 0.15) is 49.5 Å². The molecule has 1 N–H and O–H groups in total. The molecule has 0 unspecified atom stereocenters. The molecule has 0 spiro atoms. The van der Waals surface area contributed by atoms with Crippen molar-refractivity contribution in [1.82, 2.24) is 20.0 Å². The third-order valence-electron chi connectivity index (χ3n) is 4.40. The van der Waals surface area contributed by atoms with Crippen molar-refractivity contribution in [1.29, 1.82) is 0 Å². The van der Waals surface area contributed by atoms with Crippen molar-refractivity contribution in [2.24, 2.45) is 0 Å². The van der Waals surface area contributed by atoms with Gasteiger partial charge in [-0.2, -0.15) is 0 Å². The number of amides is 1. The molecule has 0 saturated carbocycles. The van der Waals surface area contributed by atoms with Crippen LogP contribution in [0.3, 0.4) is 0 Å². The summed E-state index contributed by atoms with van der Waals surface area (Å²) in [5.41, 5.74) is 0.493. The van der Waals surface area contributed by atoms with E-state index in [1.165, 1.54) is 24.7 Å². The fraction of sp³-hybridized carbons (Fsp3) is 0.500. The maximum atomic E-state index is 12.6. The molecular weight excluding hydrogens is 352 g/mol. The number of hydrogen-bond acceptors (Lipinski definition) is 7. The van der Waals surface area contributed by atoms with Crippen molar-refractivity contribution in [3.05, 3.63) is 34.0 Å². The Bertz CT molecular complexity index is 927. The number of carbonyl (C=O) groups is 2. The zero-order chi connectivity index (χ0) is 19.2. The zero-order valence-corrected chi connectivity index (χ0v) is 15.2. The van der Waals surface area contributed by atoms with E-state index in [-0.39, 0.29) is 35.9 Å². The first kappa shape index (κ1) is 18.8. The SMILES string of the molecule is CCOC(=O)c1noc2ncn(CC(=O)NCCC3=CCCCC3)c(=O)c12. The number of hydrogen-bond donors (Lipinski definition) is 1. The van der Waals surface area contributed by atoms with Crippen molar-refractivity contribution >= 4 is 23.0 Å². The van der Waals surface area contributed by atoms with Gasteiger partial charge >= 0.3 is 5.97 Å². The van der Waals surface area contributed by atoms with Gasteiger partial charge in [-0.1, -0.05) is 16.8 Å². The van der Waals surface area contributed by atoms with E-state index >= 15 is 0 Å². The second-order valence-electron chi connectivity index (χ2n) is 6.32. The molecule has 0 fully saturated rings. The molecule has 2 heterocycles. The molecule has 1 aliphatic rings. The Labute approximate surface area is 155 Å². The average molecular weight is 374 g/mol. The molecule has 0 saturated heterocycles. The Morgan fingerprint density at radius 1 is 1.37 bits per heavy atom. The van der Waals surface area contributed by atoms with Crippen molar-refractivity contribution in [3.8, 4) is 0 Å². The van der Waals surface area contributed by atoms with E-state index in [2.05, 4.69) is 21.5 Å². The van der Waals surface area contributed by atoms with E-state index in [0.29, 0.717) is 6.54 Å². The number of fused-ring (bicyclic) bond motifs is 1. The van der Waals surface area contributed by atoms with Gasteiger partial charge < -0.3 is 14.6 Å². The molecule has 1 aliphatic carbocycles. The van der Waals surface area contributed by atoms with Crippen LogP contribution in [-0.2, 0) is 16.1 Å². The van der Waals surface area contributed by atoms with E-state index in [0.717, 1.165) is 23.8 Å². The molecule has 0 radical (unpaired) electrons. The lowest BCUT2D eigenvalue weighted by atomic mass is 9.97. The van der Waals surface area contributed by atoms with Crippen LogP contribution >= 0.6 is 0 Å². The summed E-state index contributed by atoms with van der Waals surface area (Å²) in [5.74, 6) is -1.07. The van der Waals surface area contributed by atoms with Gasteiger partial charge in [-0.25, -0.2) is 9.78 Å². The Morgan fingerprint density at radius 2 is 2.22 bits per heavy atom. The molecule has 0 bridgehead atoms. The summed E-state index contributed by atoms with van der Waals surface area (Å²) in [6, 6.07) is 0. The van der Waals surface area contributed by atoms with Crippen LogP contribution in [0.4, 0.5) is 0 Å². The predicted octanol–water partition coefficient (Wildman–Crippen LogP) is 1.57. The lowest BCUT2D eigenvalue weighted by Crippen LogP contribution is -2.33. The third-order valence-corrected chi connectivity index (χ3v) is 4.40. The Hall–Kier alpha value is -2.97. The summed E-state index contributed by atoms with van der Waals surface area (Å²) in [7, 11) is 0. The van der Waals surface area contributed by atoms with Gasteiger partial charge in [0, 0.05) is 6.54 Å². The average Bonchev–Trinajstić information content (AvgIpc) is 3.10. The van der Waals surface area contributed by atoms with E-state index in [9.17, 15) is 14.4 Å². The summed E-state index contributed by atoms with van der Waals surface area (Å²) < 4.78 is 10.9. The van der Waals surface area contributed by atoms with Gasteiger partial charge in [0.05, 0.1) is 6.61 Å². The second-order valence-corrected chi connectivity index (χ2v) is 6.32. The van der Waals surface area contributed by atoms with Crippen molar-refractivity contribution in [2.75, 3.05) is 13.2 Å². The molecule has 27 heavy (non-hydrogen) atoms. The lowest BCUT2D eigenvalue weighted by Gasteiger charge is -2.13. The number of allylic oxidation sites excluding steroid dienone is 1. The molecule has 0 aliphatic heterocycles. The van der Waals surface area contributed by atoms with Gasteiger partial charge in [-0.05, 0) is 39.0 Å². The van der Waals surface area contributed by atoms with Gasteiger partial charge in [0.15, 0.2) is 0 Å². The first-order valence-corrected chi connectivity index (χ1v) is 9.06. The standard InChI is InChI=1S/C18H22N4O5/c1-2-26-18(25)15-14-16(27-21-15)20-11-22(17(14)24)10-13(23)19-9-8-12-6-4-3-5-7-12/h6,11H,2-5,7-10H2,1H3,(H,19,23). The molecule has 2 aromatic rings. The topological polar surface area (TPSA) is 116 Å². The quantitative estimate of drug-likeness (QED) is 0.577. The number of esters is 1. The summed E-state index contributed by atoms with van der Waals surface area (Å²) in [4.78, 5) is 40.6. The van der Waals surface area contributed by atoms with Crippen LogP contribution in [-0.4, -0.2) is 39.7 Å². The second kappa shape index (κ2) is 8.61. The van der Waals surface area contributed by atoms with E-state index in [4.69, 9.17) is 9.26 Å². The van der Waals surface area contributed by atoms with Crippen LogP contribution in [0, 0.1) is 0 Å². The molecular formula is C18H22N4O5.